The van der Waals surface area contributed by atoms with E-state index in [-0.39, 0.29) is 0 Å². The van der Waals surface area contributed by atoms with Crippen LogP contribution in [0.1, 0.15) is 27.6 Å². The van der Waals surface area contributed by atoms with E-state index in [9.17, 15) is 4.79 Å². The van der Waals surface area contributed by atoms with E-state index in [0.29, 0.717) is 29.4 Å². The summed E-state index contributed by atoms with van der Waals surface area (Å²) < 4.78 is 4.85. The number of carbonyl (C=O) groups is 1. The summed E-state index contributed by atoms with van der Waals surface area (Å²) in [7, 11) is 0. The van der Waals surface area contributed by atoms with Crippen LogP contribution < -0.4 is 5.32 Å². The summed E-state index contributed by atoms with van der Waals surface area (Å²) in [5, 5.41) is 15.8. The van der Waals surface area contributed by atoms with E-state index in [1.807, 2.05) is 0 Å². The van der Waals surface area contributed by atoms with Crippen molar-refractivity contribution < 1.29 is 14.4 Å². The fourth-order valence-corrected chi connectivity index (χ4v) is 1.61. The number of hydrogen-bond acceptors (Lipinski definition) is 5. The lowest BCUT2D eigenvalue weighted by molar-refractivity contribution is 0.0696. The molecule has 0 spiro atoms. The number of aryl methyl sites for hydroxylation is 2. The monoisotopic (exact) mass is 247 g/mol. The first-order valence-corrected chi connectivity index (χ1v) is 5.43. The molecule has 0 unspecified atom stereocenters. The normalized spacial score (nSPS) is 10.3. The number of aromatic carboxylic acids is 1. The molecule has 2 aromatic rings. The zero-order chi connectivity index (χ0) is 13.1. The SMILES string of the molecule is Cc1nc(CNc2ccc(C(=O)O)c(C)c2)no1. The standard InChI is InChI=1S/C12H13N3O3/c1-7-5-9(3-4-10(7)12(16)17)13-6-11-14-8(2)18-15-11/h3-5,13H,6H2,1-2H3,(H,16,17). The average molecular weight is 247 g/mol. The summed E-state index contributed by atoms with van der Waals surface area (Å²) in [6, 6.07) is 5.06. The van der Waals surface area contributed by atoms with E-state index in [4.69, 9.17) is 9.63 Å². The second-order valence-electron chi connectivity index (χ2n) is 3.92. The topological polar surface area (TPSA) is 88.2 Å². The van der Waals surface area contributed by atoms with Crippen molar-refractivity contribution in [3.05, 3.63) is 41.0 Å². The predicted octanol–water partition coefficient (Wildman–Crippen LogP) is 2.00. The van der Waals surface area contributed by atoms with Crippen molar-refractivity contribution in [2.75, 3.05) is 5.32 Å². The summed E-state index contributed by atoms with van der Waals surface area (Å²) in [6.07, 6.45) is 0. The molecular formula is C12H13N3O3. The van der Waals surface area contributed by atoms with Gasteiger partial charge in [0, 0.05) is 12.6 Å². The van der Waals surface area contributed by atoms with E-state index in [1.54, 1.807) is 32.0 Å². The van der Waals surface area contributed by atoms with Crippen molar-refractivity contribution in [3.8, 4) is 0 Å². The van der Waals surface area contributed by atoms with Crippen molar-refractivity contribution >= 4 is 11.7 Å². The van der Waals surface area contributed by atoms with Gasteiger partial charge in [-0.25, -0.2) is 4.79 Å². The molecule has 0 amide bonds. The molecule has 2 N–H and O–H groups in total. The summed E-state index contributed by atoms with van der Waals surface area (Å²) in [5.74, 6) is 0.157. The molecule has 0 saturated heterocycles. The molecule has 0 atom stereocenters. The van der Waals surface area contributed by atoms with Gasteiger partial charge in [-0.3, -0.25) is 0 Å². The minimum Gasteiger partial charge on any atom is -0.478 e. The maximum atomic E-state index is 10.9. The Kier molecular flexibility index (Phi) is 3.27. The Morgan fingerprint density at radius 1 is 1.44 bits per heavy atom. The fourth-order valence-electron chi connectivity index (χ4n) is 1.61. The molecule has 94 valence electrons. The Morgan fingerprint density at radius 2 is 2.22 bits per heavy atom. The highest BCUT2D eigenvalue weighted by Crippen LogP contribution is 2.15. The zero-order valence-electron chi connectivity index (χ0n) is 10.1. The quantitative estimate of drug-likeness (QED) is 0.859. The molecule has 0 aliphatic heterocycles. The van der Waals surface area contributed by atoms with E-state index in [2.05, 4.69) is 15.5 Å². The van der Waals surface area contributed by atoms with Crippen LogP contribution in [-0.2, 0) is 6.54 Å². The van der Waals surface area contributed by atoms with Crippen LogP contribution in [-0.4, -0.2) is 21.2 Å². The molecule has 0 fully saturated rings. The average Bonchev–Trinajstić information content (AvgIpc) is 2.72. The van der Waals surface area contributed by atoms with Gasteiger partial charge in [0.2, 0.25) is 5.89 Å². The molecule has 0 aliphatic rings. The van der Waals surface area contributed by atoms with Gasteiger partial charge in [0.1, 0.15) is 0 Å². The van der Waals surface area contributed by atoms with Gasteiger partial charge in [-0.05, 0) is 30.7 Å². The number of aromatic nitrogens is 2. The minimum absolute atomic E-state index is 0.302. The molecule has 0 bridgehead atoms. The highest BCUT2D eigenvalue weighted by Gasteiger charge is 2.07. The first-order valence-electron chi connectivity index (χ1n) is 5.43. The van der Waals surface area contributed by atoms with Gasteiger partial charge in [-0.1, -0.05) is 5.16 Å². The van der Waals surface area contributed by atoms with Crippen LogP contribution in [0.25, 0.3) is 0 Å². The molecule has 2 rings (SSSR count). The van der Waals surface area contributed by atoms with Crippen LogP contribution in [0.5, 0.6) is 0 Å². The molecule has 6 heteroatoms. The third-order valence-electron chi connectivity index (χ3n) is 2.48. The number of nitrogens with zero attached hydrogens (tertiary/aromatic N) is 2. The fraction of sp³-hybridized carbons (Fsp3) is 0.250. The minimum atomic E-state index is -0.923. The number of hydrogen-bond donors (Lipinski definition) is 2. The van der Waals surface area contributed by atoms with Crippen LogP contribution in [0.15, 0.2) is 22.7 Å². The van der Waals surface area contributed by atoms with Crippen molar-refractivity contribution in [1.29, 1.82) is 0 Å². The Balaban J connectivity index is 2.06. The van der Waals surface area contributed by atoms with E-state index in [0.717, 1.165) is 5.69 Å². The third-order valence-corrected chi connectivity index (χ3v) is 2.48. The molecule has 0 radical (unpaired) electrons. The van der Waals surface area contributed by atoms with Gasteiger partial charge in [-0.15, -0.1) is 0 Å². The highest BCUT2D eigenvalue weighted by atomic mass is 16.5. The van der Waals surface area contributed by atoms with E-state index in [1.165, 1.54) is 0 Å². The molecule has 1 aromatic carbocycles. The largest absolute Gasteiger partial charge is 0.478 e. The second kappa shape index (κ2) is 4.87. The molecule has 1 heterocycles. The van der Waals surface area contributed by atoms with Crippen molar-refractivity contribution in [2.45, 2.75) is 20.4 Å². The highest BCUT2D eigenvalue weighted by molar-refractivity contribution is 5.89. The molecule has 0 aliphatic carbocycles. The van der Waals surface area contributed by atoms with Crippen LogP contribution in [0.3, 0.4) is 0 Å². The Labute approximate surface area is 104 Å². The van der Waals surface area contributed by atoms with E-state index < -0.39 is 5.97 Å². The summed E-state index contributed by atoms with van der Waals surface area (Å²) in [4.78, 5) is 14.9. The Morgan fingerprint density at radius 3 is 2.78 bits per heavy atom. The molecule has 1 aromatic heterocycles. The van der Waals surface area contributed by atoms with Gasteiger partial charge >= 0.3 is 5.97 Å². The molecule has 0 saturated carbocycles. The lowest BCUT2D eigenvalue weighted by Crippen LogP contribution is -2.04. The van der Waals surface area contributed by atoms with Crippen molar-refractivity contribution in [3.63, 3.8) is 0 Å². The lowest BCUT2D eigenvalue weighted by atomic mass is 10.1. The maximum absolute atomic E-state index is 10.9. The van der Waals surface area contributed by atoms with Crippen LogP contribution >= 0.6 is 0 Å². The van der Waals surface area contributed by atoms with Gasteiger partial charge < -0.3 is 14.9 Å². The van der Waals surface area contributed by atoms with Gasteiger partial charge in [-0.2, -0.15) is 4.98 Å². The lowest BCUT2D eigenvalue weighted by Gasteiger charge is -2.06. The first-order chi connectivity index (χ1) is 8.56. The predicted molar refractivity (Wildman–Crippen MR) is 64.5 cm³/mol. The van der Waals surface area contributed by atoms with Gasteiger partial charge in [0.15, 0.2) is 5.82 Å². The van der Waals surface area contributed by atoms with Crippen LogP contribution in [0.2, 0.25) is 0 Å². The number of nitrogens with one attached hydrogen (secondary N) is 1. The van der Waals surface area contributed by atoms with Crippen molar-refractivity contribution in [2.24, 2.45) is 0 Å². The van der Waals surface area contributed by atoms with Crippen LogP contribution in [0.4, 0.5) is 5.69 Å². The number of rotatable bonds is 4. The molecule has 6 nitrogen and oxygen atoms in total. The molecule has 18 heavy (non-hydrogen) atoms. The number of anilines is 1. The first kappa shape index (κ1) is 12.1. The zero-order valence-corrected chi connectivity index (χ0v) is 10.1. The summed E-state index contributed by atoms with van der Waals surface area (Å²) in [5.41, 5.74) is 1.83. The number of benzene rings is 1. The van der Waals surface area contributed by atoms with Gasteiger partial charge in [0.05, 0.1) is 12.1 Å². The Hall–Kier alpha value is -2.37. The number of carboxylic acids is 1. The second-order valence-corrected chi connectivity index (χ2v) is 3.92. The van der Waals surface area contributed by atoms with Crippen molar-refractivity contribution in [1.82, 2.24) is 10.1 Å². The third kappa shape index (κ3) is 2.65. The maximum Gasteiger partial charge on any atom is 0.335 e. The molecular weight excluding hydrogens is 234 g/mol. The summed E-state index contributed by atoms with van der Waals surface area (Å²) >= 11 is 0. The summed E-state index contributed by atoms with van der Waals surface area (Å²) in [6.45, 7) is 3.92. The number of carboxylic acid groups (broad SMARTS) is 1. The van der Waals surface area contributed by atoms with E-state index >= 15 is 0 Å². The smallest absolute Gasteiger partial charge is 0.335 e. The van der Waals surface area contributed by atoms with Gasteiger partial charge in [0.25, 0.3) is 0 Å². The van der Waals surface area contributed by atoms with Crippen LogP contribution in [0, 0.1) is 13.8 Å². The Bertz CT molecular complexity index is 578.